The van der Waals surface area contributed by atoms with Crippen molar-refractivity contribution in [2.24, 2.45) is 0 Å². The second-order valence-electron chi connectivity index (χ2n) is 5.09. The lowest BCUT2D eigenvalue weighted by Crippen LogP contribution is -2.22. The Morgan fingerprint density at radius 1 is 0.952 bits per heavy atom. The molecule has 0 aliphatic carbocycles. The molecule has 0 aromatic heterocycles. The van der Waals surface area contributed by atoms with Crippen LogP contribution in [0.3, 0.4) is 0 Å². The molecule has 0 radical (unpaired) electrons. The van der Waals surface area contributed by atoms with E-state index >= 15 is 0 Å². The molecule has 1 unspecified atom stereocenters. The smallest absolute Gasteiger partial charge is 0.119 e. The Morgan fingerprint density at radius 3 is 2.33 bits per heavy atom. The molecular weight excluding hydrogens is 258 g/mol. The van der Waals surface area contributed by atoms with Gasteiger partial charge in [0.25, 0.3) is 0 Å². The number of hydrogen-bond donors (Lipinski definition) is 1. The van der Waals surface area contributed by atoms with Crippen LogP contribution in [0.5, 0.6) is 5.75 Å². The zero-order valence-electron chi connectivity index (χ0n) is 13.2. The third-order valence-corrected chi connectivity index (χ3v) is 3.63. The molecule has 0 amide bonds. The molecule has 2 aromatic rings. The lowest BCUT2D eigenvalue weighted by molar-refractivity contribution is 0.340. The first-order valence-corrected chi connectivity index (χ1v) is 7.83. The second kappa shape index (κ2) is 7.84. The maximum atomic E-state index is 5.52. The van der Waals surface area contributed by atoms with Gasteiger partial charge in [0.1, 0.15) is 5.75 Å². The van der Waals surface area contributed by atoms with Gasteiger partial charge in [-0.1, -0.05) is 50.2 Å². The van der Waals surface area contributed by atoms with Gasteiger partial charge in [-0.3, -0.25) is 0 Å². The van der Waals surface area contributed by atoms with Crippen molar-refractivity contribution in [1.82, 2.24) is 5.32 Å². The Labute approximate surface area is 128 Å². The van der Waals surface area contributed by atoms with Crippen LogP contribution in [0.15, 0.2) is 48.5 Å². The molecule has 2 nitrogen and oxygen atoms in total. The lowest BCUT2D eigenvalue weighted by atomic mass is 9.96. The quantitative estimate of drug-likeness (QED) is 0.816. The van der Waals surface area contributed by atoms with Gasteiger partial charge in [-0.25, -0.2) is 0 Å². The van der Waals surface area contributed by atoms with Gasteiger partial charge in [-0.2, -0.15) is 0 Å². The predicted molar refractivity (Wildman–Crippen MR) is 89.0 cm³/mol. The van der Waals surface area contributed by atoms with Crippen LogP contribution in [0, 0.1) is 0 Å². The summed E-state index contributed by atoms with van der Waals surface area (Å²) >= 11 is 0. The zero-order valence-corrected chi connectivity index (χ0v) is 13.2. The van der Waals surface area contributed by atoms with Gasteiger partial charge in [-0.05, 0) is 48.7 Å². The molecule has 0 aliphatic heterocycles. The van der Waals surface area contributed by atoms with Gasteiger partial charge in [-0.15, -0.1) is 0 Å². The molecule has 0 saturated carbocycles. The normalized spacial score (nSPS) is 12.1. The standard InChI is InChI=1S/C19H25NO/c1-4-15-8-7-9-17(14-15)19(20-5-2)16-10-12-18(13-11-16)21-6-3/h7-14,19-20H,4-6H2,1-3H3. The van der Waals surface area contributed by atoms with E-state index in [2.05, 4.69) is 55.6 Å². The molecular formula is C19H25NO. The van der Waals surface area contributed by atoms with E-state index in [1.165, 1.54) is 16.7 Å². The lowest BCUT2D eigenvalue weighted by Gasteiger charge is -2.20. The van der Waals surface area contributed by atoms with E-state index in [1.54, 1.807) is 0 Å². The number of rotatable bonds is 7. The molecule has 112 valence electrons. The van der Waals surface area contributed by atoms with Crippen molar-refractivity contribution in [2.75, 3.05) is 13.2 Å². The fraction of sp³-hybridized carbons (Fsp3) is 0.368. The Morgan fingerprint density at radius 2 is 1.71 bits per heavy atom. The first-order chi connectivity index (χ1) is 10.3. The van der Waals surface area contributed by atoms with E-state index in [0.717, 1.165) is 18.7 Å². The number of aryl methyl sites for hydroxylation is 1. The van der Waals surface area contributed by atoms with Gasteiger partial charge in [0, 0.05) is 0 Å². The van der Waals surface area contributed by atoms with Crippen LogP contribution in [0.1, 0.15) is 43.5 Å². The highest BCUT2D eigenvalue weighted by Crippen LogP contribution is 2.25. The van der Waals surface area contributed by atoms with Gasteiger partial charge >= 0.3 is 0 Å². The molecule has 0 saturated heterocycles. The minimum absolute atomic E-state index is 0.233. The van der Waals surface area contributed by atoms with Gasteiger partial charge in [0.15, 0.2) is 0 Å². The van der Waals surface area contributed by atoms with Crippen LogP contribution in [-0.2, 0) is 6.42 Å². The number of hydrogen-bond acceptors (Lipinski definition) is 2. The Kier molecular flexibility index (Phi) is 5.82. The van der Waals surface area contributed by atoms with Crippen LogP contribution < -0.4 is 10.1 Å². The van der Waals surface area contributed by atoms with E-state index in [9.17, 15) is 0 Å². The van der Waals surface area contributed by atoms with Crippen molar-refractivity contribution in [3.8, 4) is 5.75 Å². The summed E-state index contributed by atoms with van der Waals surface area (Å²) in [6, 6.07) is 17.5. The summed E-state index contributed by atoms with van der Waals surface area (Å²) in [5.41, 5.74) is 3.97. The first-order valence-electron chi connectivity index (χ1n) is 7.83. The minimum atomic E-state index is 0.233. The van der Waals surface area contributed by atoms with Crippen LogP contribution in [0.4, 0.5) is 0 Å². The molecule has 1 atom stereocenters. The summed E-state index contributed by atoms with van der Waals surface area (Å²) in [4.78, 5) is 0. The topological polar surface area (TPSA) is 21.3 Å². The number of nitrogens with one attached hydrogen (secondary N) is 1. The molecule has 2 rings (SSSR count). The molecule has 1 N–H and O–H groups in total. The summed E-state index contributed by atoms with van der Waals surface area (Å²) in [6.07, 6.45) is 1.07. The SMILES string of the molecule is CCNC(c1ccc(OCC)cc1)c1cccc(CC)c1. The average molecular weight is 283 g/mol. The van der Waals surface area contributed by atoms with E-state index in [-0.39, 0.29) is 6.04 Å². The van der Waals surface area contributed by atoms with Gasteiger partial charge in [0.05, 0.1) is 12.6 Å². The second-order valence-corrected chi connectivity index (χ2v) is 5.09. The first kappa shape index (κ1) is 15.6. The maximum absolute atomic E-state index is 5.52. The maximum Gasteiger partial charge on any atom is 0.119 e. The van der Waals surface area contributed by atoms with Crippen molar-refractivity contribution in [2.45, 2.75) is 33.2 Å². The van der Waals surface area contributed by atoms with Crippen molar-refractivity contribution < 1.29 is 4.74 Å². The highest BCUT2D eigenvalue weighted by atomic mass is 16.5. The van der Waals surface area contributed by atoms with Crippen LogP contribution >= 0.6 is 0 Å². The molecule has 0 spiro atoms. The summed E-state index contributed by atoms with van der Waals surface area (Å²) in [7, 11) is 0. The minimum Gasteiger partial charge on any atom is -0.494 e. The van der Waals surface area contributed by atoms with Crippen molar-refractivity contribution in [3.63, 3.8) is 0 Å². The molecule has 21 heavy (non-hydrogen) atoms. The summed E-state index contributed by atoms with van der Waals surface area (Å²) in [5, 5.41) is 3.58. The monoisotopic (exact) mass is 283 g/mol. The fourth-order valence-electron chi connectivity index (χ4n) is 2.55. The van der Waals surface area contributed by atoms with E-state index in [4.69, 9.17) is 4.74 Å². The number of ether oxygens (including phenoxy) is 1. The third-order valence-electron chi connectivity index (χ3n) is 3.63. The molecule has 0 heterocycles. The summed E-state index contributed by atoms with van der Waals surface area (Å²) < 4.78 is 5.52. The molecule has 0 aliphatic rings. The fourth-order valence-corrected chi connectivity index (χ4v) is 2.55. The Balaban J connectivity index is 2.28. The molecule has 2 aromatic carbocycles. The predicted octanol–water partition coefficient (Wildman–Crippen LogP) is 4.35. The third kappa shape index (κ3) is 4.08. The Bertz CT molecular complexity index is 548. The van der Waals surface area contributed by atoms with E-state index < -0.39 is 0 Å². The van der Waals surface area contributed by atoms with Crippen molar-refractivity contribution in [1.29, 1.82) is 0 Å². The van der Waals surface area contributed by atoms with E-state index in [0.29, 0.717) is 6.61 Å². The Hall–Kier alpha value is -1.80. The average Bonchev–Trinajstić information content (AvgIpc) is 2.54. The summed E-state index contributed by atoms with van der Waals surface area (Å²) in [6.45, 7) is 7.98. The summed E-state index contributed by atoms with van der Waals surface area (Å²) in [5.74, 6) is 0.929. The number of benzene rings is 2. The van der Waals surface area contributed by atoms with Crippen molar-refractivity contribution >= 4 is 0 Å². The van der Waals surface area contributed by atoms with Crippen LogP contribution in [0.2, 0.25) is 0 Å². The van der Waals surface area contributed by atoms with E-state index in [1.807, 2.05) is 19.1 Å². The van der Waals surface area contributed by atoms with Crippen LogP contribution in [-0.4, -0.2) is 13.2 Å². The molecule has 0 fully saturated rings. The van der Waals surface area contributed by atoms with Crippen LogP contribution in [0.25, 0.3) is 0 Å². The highest BCUT2D eigenvalue weighted by molar-refractivity contribution is 5.37. The largest absolute Gasteiger partial charge is 0.494 e. The molecule has 0 bridgehead atoms. The van der Waals surface area contributed by atoms with Crippen molar-refractivity contribution in [3.05, 3.63) is 65.2 Å². The highest BCUT2D eigenvalue weighted by Gasteiger charge is 2.13. The zero-order chi connectivity index (χ0) is 15.1. The molecule has 2 heteroatoms. The van der Waals surface area contributed by atoms with Gasteiger partial charge in [0.2, 0.25) is 0 Å². The van der Waals surface area contributed by atoms with Gasteiger partial charge < -0.3 is 10.1 Å².